The minimum absolute atomic E-state index is 0.305. The van der Waals surface area contributed by atoms with Crippen LogP contribution in [0.1, 0.15) is 245 Å². The third kappa shape index (κ3) is 36.8. The standard InChI is InChI=1S/C45H91NO/c1-5-8-11-14-17-18-21-28-35-44(4)36-29-22-19-26-33-40-46(42-43-47)41-34-27-20-25-32-39-45(37-30-23-15-12-9-6-2)38-31-24-16-13-10-7-3/h45,47H,4-43H2,1-3H3. The Labute approximate surface area is 299 Å². The fourth-order valence-electron chi connectivity index (χ4n) is 7.51. The van der Waals surface area contributed by atoms with Gasteiger partial charge >= 0.3 is 0 Å². The number of aliphatic hydroxyl groups is 1. The van der Waals surface area contributed by atoms with Gasteiger partial charge in [0.25, 0.3) is 0 Å². The van der Waals surface area contributed by atoms with Crippen LogP contribution in [-0.4, -0.2) is 36.2 Å². The summed E-state index contributed by atoms with van der Waals surface area (Å²) in [7, 11) is 0. The Morgan fingerprint density at radius 3 is 1.04 bits per heavy atom. The van der Waals surface area contributed by atoms with Crippen LogP contribution in [0.2, 0.25) is 0 Å². The average Bonchev–Trinajstić information content (AvgIpc) is 3.07. The molecule has 0 fully saturated rings. The molecule has 282 valence electrons. The fraction of sp³-hybridized carbons (Fsp3) is 0.956. The van der Waals surface area contributed by atoms with E-state index in [1.807, 2.05) is 0 Å². The molecule has 0 atom stereocenters. The second kappa shape index (κ2) is 40.1. The molecule has 2 heteroatoms. The van der Waals surface area contributed by atoms with Gasteiger partial charge < -0.3 is 10.0 Å². The molecular weight excluding hydrogens is 571 g/mol. The van der Waals surface area contributed by atoms with Crippen LogP contribution in [0.25, 0.3) is 0 Å². The Bertz CT molecular complexity index is 573. The summed E-state index contributed by atoms with van der Waals surface area (Å²) in [5.74, 6) is 0.992. The highest BCUT2D eigenvalue weighted by atomic mass is 16.3. The normalized spacial score (nSPS) is 11.8. The number of nitrogens with zero attached hydrogens (tertiary/aromatic N) is 1. The number of aliphatic hydroxyl groups excluding tert-OH is 1. The van der Waals surface area contributed by atoms with Crippen LogP contribution in [0, 0.1) is 5.92 Å². The first-order chi connectivity index (χ1) is 23.2. The molecule has 0 rings (SSSR count). The van der Waals surface area contributed by atoms with E-state index < -0.39 is 0 Å². The summed E-state index contributed by atoms with van der Waals surface area (Å²) < 4.78 is 0. The molecule has 0 spiro atoms. The molecule has 0 aliphatic carbocycles. The van der Waals surface area contributed by atoms with Crippen LogP contribution in [0.15, 0.2) is 12.2 Å². The molecule has 0 aromatic carbocycles. The second-order valence-corrected chi connectivity index (χ2v) is 15.6. The van der Waals surface area contributed by atoms with Crippen LogP contribution in [0.3, 0.4) is 0 Å². The van der Waals surface area contributed by atoms with Gasteiger partial charge in [0.2, 0.25) is 0 Å². The Morgan fingerprint density at radius 2 is 0.702 bits per heavy atom. The van der Waals surface area contributed by atoms with Crippen LogP contribution in [0.4, 0.5) is 0 Å². The van der Waals surface area contributed by atoms with E-state index in [-0.39, 0.29) is 0 Å². The van der Waals surface area contributed by atoms with Crippen molar-refractivity contribution < 1.29 is 5.11 Å². The van der Waals surface area contributed by atoms with E-state index >= 15 is 0 Å². The van der Waals surface area contributed by atoms with E-state index in [0.717, 1.165) is 12.5 Å². The van der Waals surface area contributed by atoms with Gasteiger partial charge in [-0.2, -0.15) is 0 Å². The van der Waals surface area contributed by atoms with E-state index in [4.69, 9.17) is 0 Å². The zero-order valence-corrected chi connectivity index (χ0v) is 33.3. The number of hydrogen-bond donors (Lipinski definition) is 1. The quantitative estimate of drug-likeness (QED) is 0.0520. The lowest BCUT2D eigenvalue weighted by Gasteiger charge is -2.21. The molecule has 0 bridgehead atoms. The summed E-state index contributed by atoms with van der Waals surface area (Å²) in [5.41, 5.74) is 1.49. The first kappa shape index (κ1) is 46.7. The molecule has 47 heavy (non-hydrogen) atoms. The summed E-state index contributed by atoms with van der Waals surface area (Å²) >= 11 is 0. The molecule has 0 saturated heterocycles. The van der Waals surface area contributed by atoms with Gasteiger partial charge in [-0.1, -0.05) is 219 Å². The Hall–Kier alpha value is -0.340. The lowest BCUT2D eigenvalue weighted by atomic mass is 9.89. The monoisotopic (exact) mass is 662 g/mol. The van der Waals surface area contributed by atoms with E-state index in [9.17, 15) is 5.11 Å². The second-order valence-electron chi connectivity index (χ2n) is 15.6. The maximum Gasteiger partial charge on any atom is 0.0558 e. The molecular formula is C45H91NO. The number of allylic oxidation sites excluding steroid dienone is 1. The summed E-state index contributed by atoms with van der Waals surface area (Å²) in [6, 6.07) is 0. The minimum atomic E-state index is 0.305. The lowest BCUT2D eigenvalue weighted by Crippen LogP contribution is -2.29. The van der Waals surface area contributed by atoms with Gasteiger partial charge in [0.1, 0.15) is 0 Å². The number of rotatable bonds is 41. The smallest absolute Gasteiger partial charge is 0.0558 e. The molecule has 0 saturated carbocycles. The van der Waals surface area contributed by atoms with E-state index in [2.05, 4.69) is 32.3 Å². The van der Waals surface area contributed by atoms with Gasteiger partial charge in [0, 0.05) is 6.54 Å². The van der Waals surface area contributed by atoms with Crippen molar-refractivity contribution in [1.82, 2.24) is 4.90 Å². The Balaban J connectivity index is 3.88. The third-order valence-electron chi connectivity index (χ3n) is 10.8. The van der Waals surface area contributed by atoms with Crippen molar-refractivity contribution in [2.75, 3.05) is 26.2 Å². The first-order valence-electron chi connectivity index (χ1n) is 22.2. The van der Waals surface area contributed by atoms with Crippen LogP contribution < -0.4 is 0 Å². The highest BCUT2D eigenvalue weighted by Gasteiger charge is 2.09. The zero-order chi connectivity index (χ0) is 34.3. The molecule has 2 nitrogen and oxygen atoms in total. The van der Waals surface area contributed by atoms with Gasteiger partial charge in [0.05, 0.1) is 6.61 Å². The molecule has 0 amide bonds. The Kier molecular flexibility index (Phi) is 39.8. The lowest BCUT2D eigenvalue weighted by molar-refractivity contribution is 0.190. The third-order valence-corrected chi connectivity index (χ3v) is 10.8. The average molecular weight is 662 g/mol. The van der Waals surface area contributed by atoms with Crippen LogP contribution in [-0.2, 0) is 0 Å². The Morgan fingerprint density at radius 1 is 0.404 bits per heavy atom. The van der Waals surface area contributed by atoms with Gasteiger partial charge in [-0.3, -0.25) is 0 Å². The largest absolute Gasteiger partial charge is 0.395 e. The molecule has 0 aromatic rings. The van der Waals surface area contributed by atoms with Crippen molar-refractivity contribution in [3.63, 3.8) is 0 Å². The molecule has 0 heterocycles. The maximum absolute atomic E-state index is 9.60. The molecule has 1 N–H and O–H groups in total. The van der Waals surface area contributed by atoms with E-state index in [1.165, 1.54) is 243 Å². The SMILES string of the molecule is C=C(CCCCCCCCCC)CCCCCCCN(CCO)CCCCCCCC(CCCCCCCC)CCCCCCCC. The molecule has 0 aliphatic rings. The van der Waals surface area contributed by atoms with Crippen LogP contribution in [0.5, 0.6) is 0 Å². The summed E-state index contributed by atoms with van der Waals surface area (Å²) in [6.45, 7) is 14.8. The summed E-state index contributed by atoms with van der Waals surface area (Å²) in [4.78, 5) is 2.53. The maximum atomic E-state index is 9.60. The van der Waals surface area contributed by atoms with Crippen molar-refractivity contribution in [1.29, 1.82) is 0 Å². The van der Waals surface area contributed by atoms with Crippen LogP contribution >= 0.6 is 0 Å². The van der Waals surface area contributed by atoms with Crippen molar-refractivity contribution >= 4 is 0 Å². The topological polar surface area (TPSA) is 23.5 Å². The van der Waals surface area contributed by atoms with Gasteiger partial charge in [-0.25, -0.2) is 0 Å². The predicted molar refractivity (Wildman–Crippen MR) is 215 cm³/mol. The van der Waals surface area contributed by atoms with Gasteiger partial charge in [0.15, 0.2) is 0 Å². The summed E-state index contributed by atoms with van der Waals surface area (Å²) in [6.07, 6.45) is 49.1. The number of unbranched alkanes of at least 4 members (excludes halogenated alkanes) is 25. The zero-order valence-electron chi connectivity index (χ0n) is 33.3. The molecule has 0 radical (unpaired) electrons. The highest BCUT2D eigenvalue weighted by molar-refractivity contribution is 4.93. The van der Waals surface area contributed by atoms with E-state index in [1.54, 1.807) is 0 Å². The van der Waals surface area contributed by atoms with Gasteiger partial charge in [-0.15, -0.1) is 0 Å². The van der Waals surface area contributed by atoms with Gasteiger partial charge in [-0.05, 0) is 57.5 Å². The van der Waals surface area contributed by atoms with Crippen molar-refractivity contribution in [3.8, 4) is 0 Å². The molecule has 0 unspecified atom stereocenters. The highest BCUT2D eigenvalue weighted by Crippen LogP contribution is 2.25. The molecule has 0 aliphatic heterocycles. The van der Waals surface area contributed by atoms with Crippen molar-refractivity contribution in [3.05, 3.63) is 12.2 Å². The molecule has 0 aromatic heterocycles. The minimum Gasteiger partial charge on any atom is -0.395 e. The van der Waals surface area contributed by atoms with Crippen molar-refractivity contribution in [2.24, 2.45) is 5.92 Å². The van der Waals surface area contributed by atoms with Crippen molar-refractivity contribution in [2.45, 2.75) is 245 Å². The predicted octanol–water partition coefficient (Wildman–Crippen LogP) is 15.2. The first-order valence-corrected chi connectivity index (χ1v) is 22.2. The fourth-order valence-corrected chi connectivity index (χ4v) is 7.51. The number of hydrogen-bond acceptors (Lipinski definition) is 2. The van der Waals surface area contributed by atoms with E-state index in [0.29, 0.717) is 6.61 Å². The summed E-state index contributed by atoms with van der Waals surface area (Å²) in [5, 5.41) is 9.60.